The second kappa shape index (κ2) is 11.3. The first-order valence-corrected chi connectivity index (χ1v) is 10.9. The molecular weight excluding hydrogens is 435 g/mol. The Hall–Kier alpha value is -2.33. The fourth-order valence-corrected chi connectivity index (χ4v) is 3.86. The van der Waals surface area contributed by atoms with Gasteiger partial charge in [-0.3, -0.25) is 9.59 Å². The van der Waals surface area contributed by atoms with Crippen molar-refractivity contribution < 1.29 is 4.79 Å². The Balaban J connectivity index is 2.18. The number of nitrogens with zero attached hydrogens (tertiary/aromatic N) is 3. The zero-order valence-electron chi connectivity index (χ0n) is 18.4. The second-order valence-corrected chi connectivity index (χ2v) is 8.70. The summed E-state index contributed by atoms with van der Waals surface area (Å²) in [6.07, 6.45) is 1.57. The van der Waals surface area contributed by atoms with Gasteiger partial charge in [0.2, 0.25) is 5.91 Å². The van der Waals surface area contributed by atoms with Crippen molar-refractivity contribution in [1.29, 1.82) is 5.26 Å². The van der Waals surface area contributed by atoms with E-state index in [0.29, 0.717) is 40.8 Å². The van der Waals surface area contributed by atoms with Crippen molar-refractivity contribution in [3.05, 3.63) is 66.5 Å². The molecule has 166 valence electrons. The van der Waals surface area contributed by atoms with E-state index in [0.717, 1.165) is 24.1 Å². The third kappa shape index (κ3) is 6.83. The van der Waals surface area contributed by atoms with Gasteiger partial charge in [0.05, 0.1) is 10.0 Å². The highest BCUT2D eigenvalue weighted by Gasteiger charge is 2.18. The first-order valence-electron chi connectivity index (χ1n) is 10.1. The second-order valence-electron chi connectivity index (χ2n) is 7.89. The van der Waals surface area contributed by atoms with E-state index in [1.54, 1.807) is 26.0 Å². The molecule has 2 aromatic rings. The van der Waals surface area contributed by atoms with Gasteiger partial charge in [-0.2, -0.15) is 5.26 Å². The molecule has 1 aromatic carbocycles. The molecule has 8 heteroatoms. The van der Waals surface area contributed by atoms with Gasteiger partial charge < -0.3 is 14.8 Å². The number of halogens is 2. The van der Waals surface area contributed by atoms with E-state index in [1.807, 2.05) is 31.1 Å². The van der Waals surface area contributed by atoms with Gasteiger partial charge in [0.25, 0.3) is 5.56 Å². The molecule has 1 aromatic heterocycles. The van der Waals surface area contributed by atoms with E-state index >= 15 is 0 Å². The predicted octanol–water partition coefficient (Wildman–Crippen LogP) is 4.08. The molecule has 0 aliphatic carbocycles. The lowest BCUT2D eigenvalue weighted by atomic mass is 9.99. The maximum atomic E-state index is 13.1. The van der Waals surface area contributed by atoms with Crippen LogP contribution in [-0.2, 0) is 17.8 Å². The summed E-state index contributed by atoms with van der Waals surface area (Å²) < 4.78 is 0. The average molecular weight is 463 g/mol. The highest BCUT2D eigenvalue weighted by Crippen LogP contribution is 2.24. The normalized spacial score (nSPS) is 10.9. The van der Waals surface area contributed by atoms with Crippen LogP contribution in [0.1, 0.15) is 40.8 Å². The number of aromatic amines is 1. The molecule has 0 spiro atoms. The molecule has 1 amide bonds. The Kier molecular flexibility index (Phi) is 9.12. The monoisotopic (exact) mass is 462 g/mol. The SMILES string of the molecule is Cc1[nH]c(=O)c(C#N)c(C)c1CCC(=O)N(CCCN(C)C)Cc1ccc(Cl)c(Cl)c1. The molecule has 31 heavy (non-hydrogen) atoms. The van der Waals surface area contributed by atoms with Gasteiger partial charge in [-0.05, 0) is 76.2 Å². The number of nitriles is 1. The standard InChI is InChI=1S/C23H28Cl2N4O2/c1-15-18(16(2)27-23(31)19(15)13-26)7-9-22(30)29(11-5-10-28(3)4)14-17-6-8-20(24)21(25)12-17/h6,8,12H,5,7,9-11,14H2,1-4H3,(H,27,31). The number of carbonyl (C=O) groups excluding carboxylic acids is 1. The summed E-state index contributed by atoms with van der Waals surface area (Å²) in [5, 5.41) is 10.2. The molecule has 0 aliphatic rings. The van der Waals surface area contributed by atoms with E-state index in [-0.39, 0.29) is 17.9 Å². The summed E-state index contributed by atoms with van der Waals surface area (Å²) >= 11 is 12.2. The van der Waals surface area contributed by atoms with Crippen LogP contribution in [-0.4, -0.2) is 47.9 Å². The molecule has 6 nitrogen and oxygen atoms in total. The number of amides is 1. The number of aromatic nitrogens is 1. The van der Waals surface area contributed by atoms with Crippen LogP contribution in [0.2, 0.25) is 10.0 Å². The van der Waals surface area contributed by atoms with E-state index in [2.05, 4.69) is 9.88 Å². The number of hydrogen-bond donors (Lipinski definition) is 1. The number of carbonyl (C=O) groups is 1. The van der Waals surface area contributed by atoms with Crippen LogP contribution in [0.25, 0.3) is 0 Å². The van der Waals surface area contributed by atoms with Crippen molar-refractivity contribution in [2.75, 3.05) is 27.2 Å². The smallest absolute Gasteiger partial charge is 0.266 e. The third-order valence-electron chi connectivity index (χ3n) is 5.25. The summed E-state index contributed by atoms with van der Waals surface area (Å²) in [5.41, 5.74) is 2.80. The van der Waals surface area contributed by atoms with Gasteiger partial charge in [0.15, 0.2) is 0 Å². The number of nitrogens with one attached hydrogen (secondary N) is 1. The number of H-pyrrole nitrogens is 1. The molecule has 2 rings (SSSR count). The number of aryl methyl sites for hydroxylation is 1. The lowest BCUT2D eigenvalue weighted by Crippen LogP contribution is -2.33. The average Bonchev–Trinajstić information content (AvgIpc) is 2.69. The fourth-order valence-electron chi connectivity index (χ4n) is 3.54. The fraction of sp³-hybridized carbons (Fsp3) is 0.435. The Morgan fingerprint density at radius 1 is 1.16 bits per heavy atom. The Morgan fingerprint density at radius 3 is 2.48 bits per heavy atom. The van der Waals surface area contributed by atoms with E-state index < -0.39 is 5.56 Å². The van der Waals surface area contributed by atoms with Gasteiger partial charge in [0, 0.05) is 25.2 Å². The summed E-state index contributed by atoms with van der Waals surface area (Å²) in [7, 11) is 4.00. The van der Waals surface area contributed by atoms with Crippen molar-refractivity contribution in [2.45, 2.75) is 39.7 Å². The molecule has 0 saturated carbocycles. The van der Waals surface area contributed by atoms with Gasteiger partial charge in [-0.25, -0.2) is 0 Å². The number of benzene rings is 1. The molecule has 1 N–H and O–H groups in total. The van der Waals surface area contributed by atoms with Crippen molar-refractivity contribution in [3.8, 4) is 6.07 Å². The van der Waals surface area contributed by atoms with Gasteiger partial charge >= 0.3 is 0 Å². The molecule has 1 heterocycles. The first-order chi connectivity index (χ1) is 14.6. The zero-order valence-corrected chi connectivity index (χ0v) is 19.9. The lowest BCUT2D eigenvalue weighted by molar-refractivity contribution is -0.131. The summed E-state index contributed by atoms with van der Waals surface area (Å²) in [6.45, 7) is 5.47. The minimum atomic E-state index is -0.391. The molecule has 0 fully saturated rings. The largest absolute Gasteiger partial charge is 0.338 e. The molecule has 0 radical (unpaired) electrons. The third-order valence-corrected chi connectivity index (χ3v) is 5.99. The minimum absolute atomic E-state index is 0.00772. The first kappa shape index (κ1) is 24.9. The maximum Gasteiger partial charge on any atom is 0.266 e. The van der Waals surface area contributed by atoms with Crippen molar-refractivity contribution >= 4 is 29.1 Å². The zero-order chi connectivity index (χ0) is 23.1. The molecular formula is C23H28Cl2N4O2. The van der Waals surface area contributed by atoms with Crippen LogP contribution < -0.4 is 5.56 Å². The van der Waals surface area contributed by atoms with E-state index in [9.17, 15) is 14.9 Å². The molecule has 0 unspecified atom stereocenters. The van der Waals surface area contributed by atoms with Crippen molar-refractivity contribution in [2.24, 2.45) is 0 Å². The van der Waals surface area contributed by atoms with Gasteiger partial charge in [0.1, 0.15) is 11.6 Å². The van der Waals surface area contributed by atoms with Gasteiger partial charge in [-0.15, -0.1) is 0 Å². The maximum absolute atomic E-state index is 13.1. The van der Waals surface area contributed by atoms with E-state index in [4.69, 9.17) is 23.2 Å². The van der Waals surface area contributed by atoms with E-state index in [1.165, 1.54) is 0 Å². The van der Waals surface area contributed by atoms with Crippen molar-refractivity contribution in [1.82, 2.24) is 14.8 Å². The Morgan fingerprint density at radius 2 is 1.87 bits per heavy atom. The molecule has 0 aliphatic heterocycles. The Labute approximate surface area is 193 Å². The number of hydrogen-bond acceptors (Lipinski definition) is 4. The topological polar surface area (TPSA) is 80.2 Å². The summed E-state index contributed by atoms with van der Waals surface area (Å²) in [5.74, 6) is 0.00772. The highest BCUT2D eigenvalue weighted by molar-refractivity contribution is 6.42. The number of pyridine rings is 1. The van der Waals surface area contributed by atoms with Crippen molar-refractivity contribution in [3.63, 3.8) is 0 Å². The van der Waals surface area contributed by atoms with Crippen LogP contribution in [0.15, 0.2) is 23.0 Å². The molecule has 0 saturated heterocycles. The van der Waals surface area contributed by atoms with Crippen LogP contribution in [0, 0.1) is 25.2 Å². The summed E-state index contributed by atoms with van der Waals surface area (Å²) in [4.78, 5) is 31.7. The van der Waals surface area contributed by atoms with Crippen LogP contribution in [0.3, 0.4) is 0 Å². The highest BCUT2D eigenvalue weighted by atomic mass is 35.5. The predicted molar refractivity (Wildman–Crippen MR) is 125 cm³/mol. The van der Waals surface area contributed by atoms with Crippen LogP contribution >= 0.6 is 23.2 Å². The lowest BCUT2D eigenvalue weighted by Gasteiger charge is -2.24. The summed E-state index contributed by atoms with van der Waals surface area (Å²) in [6, 6.07) is 7.34. The van der Waals surface area contributed by atoms with Crippen LogP contribution in [0.4, 0.5) is 0 Å². The molecule has 0 atom stereocenters. The van der Waals surface area contributed by atoms with Gasteiger partial charge in [-0.1, -0.05) is 29.3 Å². The Bertz CT molecular complexity index is 1040. The minimum Gasteiger partial charge on any atom is -0.338 e. The van der Waals surface area contributed by atoms with Crippen LogP contribution in [0.5, 0.6) is 0 Å². The molecule has 0 bridgehead atoms. The quantitative estimate of drug-likeness (QED) is 0.608. The number of rotatable bonds is 9.